The number of aliphatic imine (C=N–C) groups is 1. The van der Waals surface area contributed by atoms with E-state index in [0.29, 0.717) is 49.0 Å². The smallest absolute Gasteiger partial charge is 0.287 e. The molecule has 1 fully saturated rings. The minimum Gasteiger partial charge on any atom is -0.489 e. The number of nitrogen functional groups attached to an aromatic ring is 1. The number of nitrogens with two attached hydrogens (primary N) is 2. The van der Waals surface area contributed by atoms with Crippen LogP contribution in [0.1, 0.15) is 34.3 Å². The monoisotopic (exact) mass is 540 g/mol. The molecule has 0 saturated carbocycles. The lowest BCUT2D eigenvalue weighted by atomic mass is 10.1. The van der Waals surface area contributed by atoms with Gasteiger partial charge in [-0.05, 0) is 29.8 Å². The number of nitrogens with zero attached hydrogens (tertiary/aromatic N) is 3. The number of hydrogen-bond donors (Lipinski definition) is 3. The summed E-state index contributed by atoms with van der Waals surface area (Å²) >= 11 is 0. The van der Waals surface area contributed by atoms with Crippen molar-refractivity contribution in [2.75, 3.05) is 43.3 Å². The third-order valence-electron chi connectivity index (χ3n) is 6.27. The van der Waals surface area contributed by atoms with Gasteiger partial charge in [0.05, 0.1) is 30.6 Å². The van der Waals surface area contributed by atoms with Gasteiger partial charge < -0.3 is 25.8 Å². The molecule has 2 aliphatic heterocycles. The Kier molecular flexibility index (Phi) is 8.20. The second-order valence-corrected chi connectivity index (χ2v) is 11.0. The highest BCUT2D eigenvalue weighted by molar-refractivity contribution is 7.92. The Labute approximate surface area is 222 Å². The van der Waals surface area contributed by atoms with Crippen molar-refractivity contribution in [3.8, 4) is 5.75 Å². The van der Waals surface area contributed by atoms with Gasteiger partial charge in [0.1, 0.15) is 24.3 Å². The molecule has 2 heterocycles. The maximum atomic E-state index is 12.6. The maximum absolute atomic E-state index is 12.6. The van der Waals surface area contributed by atoms with Crippen molar-refractivity contribution >= 4 is 39.6 Å². The Bertz CT molecular complexity index is 1370. The van der Waals surface area contributed by atoms with Crippen molar-refractivity contribution < 1.29 is 22.7 Å². The molecule has 2 aromatic rings. The summed E-state index contributed by atoms with van der Waals surface area (Å²) in [5, 5.41) is 7.58. The first kappa shape index (κ1) is 27.0. The number of carbonyl (C=O) groups excluding carboxylic acids is 1. The highest BCUT2D eigenvalue weighted by atomic mass is 32.2. The van der Waals surface area contributed by atoms with E-state index < -0.39 is 15.9 Å². The van der Waals surface area contributed by atoms with Crippen LogP contribution in [0.5, 0.6) is 5.75 Å². The number of piperidine rings is 1. The van der Waals surface area contributed by atoms with Gasteiger partial charge in [-0.1, -0.05) is 30.4 Å². The molecule has 0 bridgehead atoms. The average molecular weight is 541 g/mol. The molecule has 1 amide bonds. The van der Waals surface area contributed by atoms with E-state index in [4.69, 9.17) is 26.4 Å². The van der Waals surface area contributed by atoms with Crippen LogP contribution in [0.4, 0.5) is 5.69 Å². The molecular formula is C26H32N6O5S. The van der Waals surface area contributed by atoms with Crippen LogP contribution in [-0.4, -0.2) is 76.2 Å². The third kappa shape index (κ3) is 6.62. The standard InChI is InChI=1S/C26H32N6O5S/c1-38(34,35)32(12-3-5-18-4-2-6-19(16-18)24(27)28)20-7-8-23(22(17-20)25(29)33)37-21-9-13-31(14-10-21)26-30-11-15-36-26/h2-8,16-17,21H,9-15H2,1H3,(H3,27,28)(H2,29,33)/b5-3+. The predicted octanol–water partition coefficient (Wildman–Crippen LogP) is 1.78. The van der Waals surface area contributed by atoms with Crippen LogP contribution in [0, 0.1) is 5.41 Å². The first-order chi connectivity index (χ1) is 18.1. The van der Waals surface area contributed by atoms with E-state index in [1.165, 1.54) is 10.4 Å². The number of carbonyl (C=O) groups is 1. The minimum absolute atomic E-state index is 0.0198. The molecule has 0 spiro atoms. The van der Waals surface area contributed by atoms with Crippen LogP contribution >= 0.6 is 0 Å². The maximum Gasteiger partial charge on any atom is 0.287 e. The first-order valence-electron chi connectivity index (χ1n) is 12.2. The number of ether oxygens (including phenoxy) is 2. The molecule has 11 nitrogen and oxygen atoms in total. The van der Waals surface area contributed by atoms with Gasteiger partial charge in [-0.3, -0.25) is 14.5 Å². The zero-order valence-corrected chi connectivity index (χ0v) is 22.0. The van der Waals surface area contributed by atoms with Crippen molar-refractivity contribution in [1.82, 2.24) is 4.90 Å². The summed E-state index contributed by atoms with van der Waals surface area (Å²) < 4.78 is 38.1. The molecular weight excluding hydrogens is 508 g/mol. The summed E-state index contributed by atoms with van der Waals surface area (Å²) in [5.41, 5.74) is 12.9. The molecule has 2 aromatic carbocycles. The fourth-order valence-electron chi connectivity index (χ4n) is 4.35. The lowest BCUT2D eigenvalue weighted by Crippen LogP contribution is -2.42. The van der Waals surface area contributed by atoms with E-state index >= 15 is 0 Å². The summed E-state index contributed by atoms with van der Waals surface area (Å²) in [4.78, 5) is 18.7. The van der Waals surface area contributed by atoms with E-state index in [0.717, 1.165) is 24.9 Å². The summed E-state index contributed by atoms with van der Waals surface area (Å²) in [6.07, 6.45) is 5.82. The number of nitrogens with one attached hydrogen (secondary N) is 1. The molecule has 0 aromatic heterocycles. The Morgan fingerprint density at radius 1 is 1.24 bits per heavy atom. The molecule has 2 aliphatic rings. The zero-order chi connectivity index (χ0) is 27.3. The van der Waals surface area contributed by atoms with Gasteiger partial charge in [-0.25, -0.2) is 13.4 Å². The Morgan fingerprint density at radius 3 is 2.63 bits per heavy atom. The van der Waals surface area contributed by atoms with Gasteiger partial charge in [0, 0.05) is 31.5 Å². The quantitative estimate of drug-likeness (QED) is 0.322. The van der Waals surface area contributed by atoms with Crippen molar-refractivity contribution in [2.24, 2.45) is 16.5 Å². The number of amidine groups is 2. The fourth-order valence-corrected chi connectivity index (χ4v) is 5.21. The van der Waals surface area contributed by atoms with Gasteiger partial charge >= 0.3 is 0 Å². The lowest BCUT2D eigenvalue weighted by molar-refractivity contribution is 0.0977. The zero-order valence-electron chi connectivity index (χ0n) is 21.2. The van der Waals surface area contributed by atoms with E-state index in [2.05, 4.69) is 9.89 Å². The Balaban J connectivity index is 1.48. The van der Waals surface area contributed by atoms with Gasteiger partial charge in [0.2, 0.25) is 10.0 Å². The topological polar surface area (TPSA) is 164 Å². The number of hydrogen-bond acceptors (Lipinski definition) is 8. The third-order valence-corrected chi connectivity index (χ3v) is 7.43. The number of likely N-dealkylation sites (tertiary alicyclic amines) is 1. The minimum atomic E-state index is -3.68. The van der Waals surface area contributed by atoms with Gasteiger partial charge in [-0.15, -0.1) is 0 Å². The highest BCUT2D eigenvalue weighted by Gasteiger charge is 2.27. The molecule has 0 atom stereocenters. The second kappa shape index (κ2) is 11.5. The number of primary amides is 1. The number of amides is 1. The second-order valence-electron chi connectivity index (χ2n) is 9.10. The summed E-state index contributed by atoms with van der Waals surface area (Å²) in [7, 11) is -3.68. The molecule has 38 heavy (non-hydrogen) atoms. The number of anilines is 1. The largest absolute Gasteiger partial charge is 0.489 e. The van der Waals surface area contributed by atoms with Gasteiger partial charge in [-0.2, -0.15) is 0 Å². The van der Waals surface area contributed by atoms with Crippen LogP contribution in [0.25, 0.3) is 6.08 Å². The van der Waals surface area contributed by atoms with Crippen molar-refractivity contribution in [3.05, 3.63) is 65.2 Å². The molecule has 202 valence electrons. The predicted molar refractivity (Wildman–Crippen MR) is 147 cm³/mol. The van der Waals surface area contributed by atoms with E-state index in [1.807, 2.05) is 6.07 Å². The van der Waals surface area contributed by atoms with Crippen LogP contribution < -0.4 is 20.5 Å². The van der Waals surface area contributed by atoms with Gasteiger partial charge in [0.25, 0.3) is 11.9 Å². The molecule has 5 N–H and O–H groups in total. The molecule has 4 rings (SSSR count). The SMILES string of the molecule is CS(=O)(=O)N(C/C=C/c1cccc(C(=N)N)c1)c1ccc(OC2CCN(C3=NCCO3)CC2)c(C(N)=O)c1. The van der Waals surface area contributed by atoms with Crippen molar-refractivity contribution in [2.45, 2.75) is 18.9 Å². The van der Waals surface area contributed by atoms with E-state index in [1.54, 1.807) is 42.5 Å². The summed E-state index contributed by atoms with van der Waals surface area (Å²) in [6, 6.07) is 12.4. The summed E-state index contributed by atoms with van der Waals surface area (Å²) in [6.45, 7) is 2.74. The molecule has 12 heteroatoms. The highest BCUT2D eigenvalue weighted by Crippen LogP contribution is 2.29. The Hall–Kier alpha value is -4.06. The normalized spacial score (nSPS) is 16.2. The molecule has 1 saturated heterocycles. The van der Waals surface area contributed by atoms with Crippen LogP contribution in [0.3, 0.4) is 0 Å². The van der Waals surface area contributed by atoms with Gasteiger partial charge in [0.15, 0.2) is 0 Å². The first-order valence-corrected chi connectivity index (χ1v) is 14.1. The van der Waals surface area contributed by atoms with Crippen molar-refractivity contribution in [3.63, 3.8) is 0 Å². The van der Waals surface area contributed by atoms with E-state index in [-0.39, 0.29) is 24.0 Å². The van der Waals surface area contributed by atoms with Crippen LogP contribution in [-0.2, 0) is 14.8 Å². The number of rotatable bonds is 9. The van der Waals surface area contributed by atoms with E-state index in [9.17, 15) is 13.2 Å². The van der Waals surface area contributed by atoms with Crippen LogP contribution in [0.15, 0.2) is 53.5 Å². The van der Waals surface area contributed by atoms with Crippen LogP contribution in [0.2, 0.25) is 0 Å². The Morgan fingerprint density at radius 2 is 2.00 bits per heavy atom. The lowest BCUT2D eigenvalue weighted by Gasteiger charge is -2.32. The average Bonchev–Trinajstić information content (AvgIpc) is 3.42. The molecule has 0 unspecified atom stereocenters. The number of benzene rings is 2. The number of sulfonamides is 1. The molecule has 0 aliphatic carbocycles. The molecule has 0 radical (unpaired) electrons. The van der Waals surface area contributed by atoms with Crippen molar-refractivity contribution in [1.29, 1.82) is 5.41 Å². The summed E-state index contributed by atoms with van der Waals surface area (Å²) in [5.74, 6) is -0.445. The fraction of sp³-hybridized carbons (Fsp3) is 0.346.